The van der Waals surface area contributed by atoms with E-state index in [2.05, 4.69) is 18.2 Å². The van der Waals surface area contributed by atoms with E-state index in [-0.39, 0.29) is 12.8 Å². The summed E-state index contributed by atoms with van der Waals surface area (Å²) in [6.45, 7) is 0.813. The van der Waals surface area contributed by atoms with Gasteiger partial charge in [0.05, 0.1) is 51.6 Å². The highest BCUT2D eigenvalue weighted by Gasteiger charge is 2.82. The van der Waals surface area contributed by atoms with E-state index in [4.69, 9.17) is 33.8 Å². The van der Waals surface area contributed by atoms with Crippen LogP contribution in [-0.2, 0) is 18.9 Å². The van der Waals surface area contributed by atoms with Crippen LogP contribution in [0, 0.1) is 56.2 Å². The molecule has 1 saturated carbocycles. The second kappa shape index (κ2) is 7.07. The van der Waals surface area contributed by atoms with Crippen molar-refractivity contribution in [3.05, 3.63) is 23.8 Å². The number of hydrogen-bond donors (Lipinski definition) is 1. The van der Waals surface area contributed by atoms with Gasteiger partial charge in [-0.2, -0.15) is 15.8 Å². The van der Waals surface area contributed by atoms with Crippen molar-refractivity contribution < 1.29 is 28.4 Å². The van der Waals surface area contributed by atoms with Crippen LogP contribution in [0.3, 0.4) is 0 Å². The standard InChI is InChI=1S/C23H22N4O6/c1-28-14-3-4-16(29-2)15(9-14)18-20(11-24,12-25)22(13-26)17-10-21(30-7-8-31-21)5-6-23(17,32-18)33-19(22)27/h3-4,9,17-18,27H,5-8,10H2,1-2H3. The van der Waals surface area contributed by atoms with Crippen LogP contribution in [0.4, 0.5) is 0 Å². The molecule has 1 N–H and O–H groups in total. The second-order valence-corrected chi connectivity index (χ2v) is 8.66. The number of nitrogens with zero attached hydrogens (tertiary/aromatic N) is 3. The molecule has 10 nitrogen and oxygen atoms in total. The highest BCUT2D eigenvalue weighted by molar-refractivity contribution is 5.89. The lowest BCUT2D eigenvalue weighted by Gasteiger charge is -2.54. The molecule has 170 valence electrons. The zero-order valence-corrected chi connectivity index (χ0v) is 18.2. The zero-order valence-electron chi connectivity index (χ0n) is 18.2. The predicted molar refractivity (Wildman–Crippen MR) is 109 cm³/mol. The van der Waals surface area contributed by atoms with E-state index >= 15 is 0 Å². The summed E-state index contributed by atoms with van der Waals surface area (Å²) in [5, 5.41) is 40.1. The molecule has 10 heteroatoms. The zero-order chi connectivity index (χ0) is 23.5. The van der Waals surface area contributed by atoms with Crippen LogP contribution in [0.15, 0.2) is 18.2 Å². The summed E-state index contributed by atoms with van der Waals surface area (Å²) < 4.78 is 35.1. The molecule has 1 aliphatic carbocycles. The first-order valence-electron chi connectivity index (χ1n) is 10.6. The van der Waals surface area contributed by atoms with Gasteiger partial charge >= 0.3 is 0 Å². The van der Waals surface area contributed by atoms with E-state index in [0.29, 0.717) is 36.7 Å². The van der Waals surface area contributed by atoms with Gasteiger partial charge < -0.3 is 28.4 Å². The molecule has 33 heavy (non-hydrogen) atoms. The average molecular weight is 450 g/mol. The first-order valence-corrected chi connectivity index (χ1v) is 10.6. The summed E-state index contributed by atoms with van der Waals surface area (Å²) in [6, 6.07) is 11.2. The lowest BCUT2D eigenvalue weighted by atomic mass is 9.51. The predicted octanol–water partition coefficient (Wildman–Crippen LogP) is 2.57. The summed E-state index contributed by atoms with van der Waals surface area (Å²) >= 11 is 0. The molecule has 4 aliphatic rings. The smallest absolute Gasteiger partial charge is 0.218 e. The fraction of sp³-hybridized carbons (Fsp3) is 0.565. The molecule has 3 aliphatic heterocycles. The molecule has 0 aromatic heterocycles. The largest absolute Gasteiger partial charge is 0.497 e. The van der Waals surface area contributed by atoms with Crippen LogP contribution in [0.1, 0.15) is 30.9 Å². The monoisotopic (exact) mass is 450 g/mol. The summed E-state index contributed by atoms with van der Waals surface area (Å²) in [5.74, 6) is -2.78. The van der Waals surface area contributed by atoms with E-state index < -0.39 is 40.3 Å². The molecule has 3 saturated heterocycles. The maximum absolute atomic E-state index is 10.5. The third kappa shape index (κ3) is 2.47. The minimum absolute atomic E-state index is 0.163. The third-order valence-corrected chi connectivity index (χ3v) is 7.45. The maximum atomic E-state index is 10.5. The van der Waals surface area contributed by atoms with Crippen LogP contribution < -0.4 is 9.47 Å². The maximum Gasteiger partial charge on any atom is 0.218 e. The number of methoxy groups -OCH3 is 2. The van der Waals surface area contributed by atoms with E-state index in [1.807, 2.05) is 0 Å². The SMILES string of the molecule is COc1ccc(OC)c(C2OC34CCC5(CC3C(C#N)(C(=N)O4)C2(C#N)C#N)OCCO5)c1. The molecular weight excluding hydrogens is 428 g/mol. The number of nitriles is 3. The normalized spacial score (nSPS) is 34.9. The summed E-state index contributed by atoms with van der Waals surface area (Å²) in [4.78, 5) is 0. The number of hydrogen-bond acceptors (Lipinski definition) is 10. The molecular formula is C23H22N4O6. The molecule has 1 spiro atoms. The highest BCUT2D eigenvalue weighted by atomic mass is 16.7. The fourth-order valence-corrected chi connectivity index (χ4v) is 5.87. The van der Waals surface area contributed by atoms with Crippen molar-refractivity contribution in [3.8, 4) is 29.7 Å². The molecule has 4 fully saturated rings. The van der Waals surface area contributed by atoms with E-state index in [9.17, 15) is 15.8 Å². The first kappa shape index (κ1) is 21.5. The summed E-state index contributed by atoms with van der Waals surface area (Å²) in [7, 11) is 2.95. The average Bonchev–Trinajstić information content (AvgIpc) is 3.37. The number of rotatable bonds is 3. The van der Waals surface area contributed by atoms with Crippen LogP contribution in [0.5, 0.6) is 11.5 Å². The number of benzene rings is 1. The van der Waals surface area contributed by atoms with Gasteiger partial charge in [0.25, 0.3) is 0 Å². The van der Waals surface area contributed by atoms with Gasteiger partial charge in [-0.05, 0) is 18.2 Å². The Bertz CT molecular complexity index is 1130. The molecule has 3 heterocycles. The lowest BCUT2D eigenvalue weighted by molar-refractivity contribution is -0.330. The van der Waals surface area contributed by atoms with Gasteiger partial charge in [0.1, 0.15) is 17.6 Å². The minimum atomic E-state index is -2.11. The van der Waals surface area contributed by atoms with Crippen molar-refractivity contribution >= 4 is 5.90 Å². The van der Waals surface area contributed by atoms with E-state index in [1.54, 1.807) is 18.2 Å². The van der Waals surface area contributed by atoms with Gasteiger partial charge in [-0.3, -0.25) is 5.41 Å². The Morgan fingerprint density at radius 2 is 1.76 bits per heavy atom. The fourth-order valence-electron chi connectivity index (χ4n) is 5.87. The van der Waals surface area contributed by atoms with E-state index in [0.717, 1.165) is 0 Å². The first-order chi connectivity index (χ1) is 15.9. The quantitative estimate of drug-likeness (QED) is 0.732. The van der Waals surface area contributed by atoms with Gasteiger partial charge in [0.15, 0.2) is 11.2 Å². The summed E-state index contributed by atoms with van der Waals surface area (Å²) in [5.41, 5.74) is -3.65. The minimum Gasteiger partial charge on any atom is -0.497 e. The van der Waals surface area contributed by atoms with Crippen molar-refractivity contribution in [1.29, 1.82) is 21.2 Å². The molecule has 2 bridgehead atoms. The van der Waals surface area contributed by atoms with Crippen LogP contribution >= 0.6 is 0 Å². The van der Waals surface area contributed by atoms with Crippen molar-refractivity contribution in [3.63, 3.8) is 0 Å². The highest BCUT2D eigenvalue weighted by Crippen LogP contribution is 2.71. The molecule has 4 atom stereocenters. The van der Waals surface area contributed by atoms with Crippen molar-refractivity contribution in [2.75, 3.05) is 27.4 Å². The molecule has 0 radical (unpaired) electrons. The molecule has 0 amide bonds. The second-order valence-electron chi connectivity index (χ2n) is 8.66. The van der Waals surface area contributed by atoms with Gasteiger partial charge in [-0.1, -0.05) is 0 Å². The topological polar surface area (TPSA) is 151 Å². The Kier molecular flexibility index (Phi) is 4.60. The van der Waals surface area contributed by atoms with Crippen LogP contribution in [-0.4, -0.2) is 44.9 Å². The summed E-state index contributed by atoms with van der Waals surface area (Å²) in [6.07, 6.45) is -0.391. The van der Waals surface area contributed by atoms with E-state index in [1.165, 1.54) is 14.2 Å². The number of nitrogens with one attached hydrogen (secondary N) is 1. The Balaban J connectivity index is 1.74. The van der Waals surface area contributed by atoms with Gasteiger partial charge in [0.2, 0.25) is 17.1 Å². The van der Waals surface area contributed by atoms with Gasteiger partial charge in [0, 0.05) is 24.8 Å². The third-order valence-electron chi connectivity index (χ3n) is 7.45. The van der Waals surface area contributed by atoms with Crippen molar-refractivity contribution in [2.24, 2.45) is 16.7 Å². The molecule has 1 aromatic rings. The van der Waals surface area contributed by atoms with Crippen molar-refractivity contribution in [1.82, 2.24) is 0 Å². The lowest BCUT2D eigenvalue weighted by Crippen LogP contribution is -2.63. The Morgan fingerprint density at radius 1 is 1.03 bits per heavy atom. The van der Waals surface area contributed by atoms with Crippen molar-refractivity contribution in [2.45, 2.75) is 36.9 Å². The van der Waals surface area contributed by atoms with Crippen LogP contribution in [0.25, 0.3) is 0 Å². The van der Waals surface area contributed by atoms with Gasteiger partial charge in [-0.25, -0.2) is 0 Å². The molecule has 1 aromatic carbocycles. The molecule has 5 rings (SSSR count). The Labute approximate surface area is 190 Å². The Hall–Kier alpha value is -3.36. The number of ether oxygens (including phenoxy) is 6. The Morgan fingerprint density at radius 3 is 2.36 bits per heavy atom. The van der Waals surface area contributed by atoms with Crippen LogP contribution in [0.2, 0.25) is 0 Å². The van der Waals surface area contributed by atoms with Gasteiger partial charge in [-0.15, -0.1) is 0 Å². The molecule has 4 unspecified atom stereocenters.